The summed E-state index contributed by atoms with van der Waals surface area (Å²) in [5, 5.41) is 11.6. The van der Waals surface area contributed by atoms with Crippen LogP contribution in [0.2, 0.25) is 0 Å². The minimum Gasteiger partial charge on any atom is -0.387 e. The molecule has 1 saturated heterocycles. The Morgan fingerprint density at radius 1 is 0.590 bits per heavy atom. The summed E-state index contributed by atoms with van der Waals surface area (Å²) in [6, 6.07) is 40.0. The fourth-order valence-electron chi connectivity index (χ4n) is 4.55. The fourth-order valence-corrected chi connectivity index (χ4v) is 5.63. The average molecular weight is 543 g/mol. The van der Waals surface area contributed by atoms with E-state index >= 15 is 0 Å². The smallest absolute Gasteiger partial charge is 0.136 e. The van der Waals surface area contributed by atoms with Gasteiger partial charge in [0.05, 0.1) is 26.4 Å². The molecule has 4 aromatic rings. The van der Waals surface area contributed by atoms with Crippen molar-refractivity contribution >= 4 is 11.8 Å². The van der Waals surface area contributed by atoms with Crippen molar-refractivity contribution in [3.8, 4) is 0 Å². The van der Waals surface area contributed by atoms with E-state index in [1.54, 1.807) is 0 Å². The van der Waals surface area contributed by atoms with Gasteiger partial charge < -0.3 is 24.1 Å². The molecule has 4 aromatic carbocycles. The van der Waals surface area contributed by atoms with Gasteiger partial charge in [-0.3, -0.25) is 0 Å². The second-order valence-electron chi connectivity index (χ2n) is 9.49. The van der Waals surface area contributed by atoms with E-state index in [1.807, 2.05) is 121 Å². The molecular weight excluding hydrogens is 508 g/mol. The van der Waals surface area contributed by atoms with Crippen LogP contribution in [0.25, 0.3) is 0 Å². The second kappa shape index (κ2) is 14.4. The number of aliphatic hydroxyl groups is 1. The molecule has 0 spiro atoms. The zero-order valence-electron chi connectivity index (χ0n) is 21.8. The molecule has 2 unspecified atom stereocenters. The minimum absolute atomic E-state index is 0.304. The van der Waals surface area contributed by atoms with Gasteiger partial charge in [0.2, 0.25) is 0 Å². The average Bonchev–Trinajstić information content (AvgIpc) is 2.99. The van der Waals surface area contributed by atoms with Crippen molar-refractivity contribution in [1.29, 1.82) is 0 Å². The summed E-state index contributed by atoms with van der Waals surface area (Å²) in [4.78, 5) is 1.01. The Labute approximate surface area is 234 Å². The van der Waals surface area contributed by atoms with Crippen LogP contribution < -0.4 is 0 Å². The summed E-state index contributed by atoms with van der Waals surface area (Å²) in [6.45, 7) is 1.49. The van der Waals surface area contributed by atoms with Crippen molar-refractivity contribution in [3.63, 3.8) is 0 Å². The van der Waals surface area contributed by atoms with Crippen LogP contribution in [0.4, 0.5) is 0 Å². The summed E-state index contributed by atoms with van der Waals surface area (Å²) < 4.78 is 25.5. The number of benzene rings is 4. The molecule has 0 aromatic heterocycles. The van der Waals surface area contributed by atoms with E-state index in [2.05, 4.69) is 0 Å². The molecule has 1 heterocycles. The first-order chi connectivity index (χ1) is 19.3. The Morgan fingerprint density at radius 2 is 1.05 bits per heavy atom. The molecule has 1 N–H and O–H groups in total. The maximum absolute atomic E-state index is 11.6. The number of hydrogen-bond donors (Lipinski definition) is 1. The van der Waals surface area contributed by atoms with Gasteiger partial charge in [-0.1, -0.05) is 121 Å². The van der Waals surface area contributed by atoms with Crippen LogP contribution >= 0.6 is 11.8 Å². The predicted molar refractivity (Wildman–Crippen MR) is 153 cm³/mol. The molecule has 0 amide bonds. The van der Waals surface area contributed by atoms with Gasteiger partial charge in [0.25, 0.3) is 0 Å². The first-order valence-electron chi connectivity index (χ1n) is 13.2. The number of aliphatic hydroxyl groups excluding tert-OH is 1. The van der Waals surface area contributed by atoms with Gasteiger partial charge in [-0.15, -0.1) is 0 Å². The van der Waals surface area contributed by atoms with Crippen molar-refractivity contribution < 1.29 is 24.1 Å². The molecule has 0 aliphatic carbocycles. The molecule has 0 bridgehead atoms. The van der Waals surface area contributed by atoms with Gasteiger partial charge in [0, 0.05) is 4.90 Å². The quantitative estimate of drug-likeness (QED) is 0.228. The van der Waals surface area contributed by atoms with E-state index in [4.69, 9.17) is 18.9 Å². The monoisotopic (exact) mass is 542 g/mol. The lowest BCUT2D eigenvalue weighted by molar-refractivity contribution is -0.243. The van der Waals surface area contributed by atoms with Crippen molar-refractivity contribution in [2.75, 3.05) is 6.61 Å². The Morgan fingerprint density at radius 3 is 1.59 bits per heavy atom. The molecule has 39 heavy (non-hydrogen) atoms. The third-order valence-electron chi connectivity index (χ3n) is 6.57. The van der Waals surface area contributed by atoms with Crippen LogP contribution in [-0.2, 0) is 38.8 Å². The van der Waals surface area contributed by atoms with Gasteiger partial charge >= 0.3 is 0 Å². The lowest BCUT2D eigenvalue weighted by Crippen LogP contribution is -2.59. The molecule has 0 radical (unpaired) electrons. The van der Waals surface area contributed by atoms with Crippen molar-refractivity contribution in [2.45, 2.75) is 54.6 Å². The molecule has 0 saturated carbocycles. The van der Waals surface area contributed by atoms with Crippen molar-refractivity contribution in [2.24, 2.45) is 0 Å². The topological polar surface area (TPSA) is 57.2 Å². The summed E-state index contributed by atoms with van der Waals surface area (Å²) in [7, 11) is 0. The van der Waals surface area contributed by atoms with E-state index in [0.29, 0.717) is 26.4 Å². The highest BCUT2D eigenvalue weighted by Gasteiger charge is 2.47. The first-order valence-corrected chi connectivity index (χ1v) is 14.1. The fraction of sp³-hybridized carbons (Fsp3) is 0.273. The van der Waals surface area contributed by atoms with E-state index < -0.39 is 29.9 Å². The van der Waals surface area contributed by atoms with E-state index in [0.717, 1.165) is 21.6 Å². The summed E-state index contributed by atoms with van der Waals surface area (Å²) in [5.74, 6) is 0. The third kappa shape index (κ3) is 8.02. The Hall–Kier alpha value is -2.97. The Balaban J connectivity index is 1.37. The number of hydrogen-bond acceptors (Lipinski definition) is 6. The SMILES string of the molecule is OC1[C@H](Sc2ccccc2)OC(COCc2ccccc2)[C@H](OCc2ccccc2)[C@H]1OCc1ccccc1. The van der Waals surface area contributed by atoms with Crippen LogP contribution in [0.1, 0.15) is 16.7 Å². The lowest BCUT2D eigenvalue weighted by Gasteiger charge is -2.44. The second-order valence-corrected chi connectivity index (χ2v) is 10.7. The maximum Gasteiger partial charge on any atom is 0.136 e. The van der Waals surface area contributed by atoms with Gasteiger partial charge in [0.1, 0.15) is 29.9 Å². The van der Waals surface area contributed by atoms with E-state index in [9.17, 15) is 5.11 Å². The van der Waals surface area contributed by atoms with Crippen LogP contribution in [0.5, 0.6) is 0 Å². The van der Waals surface area contributed by atoms with Crippen LogP contribution in [0.3, 0.4) is 0 Å². The van der Waals surface area contributed by atoms with Gasteiger partial charge in [0.15, 0.2) is 0 Å². The molecule has 1 aliphatic heterocycles. The van der Waals surface area contributed by atoms with Crippen LogP contribution in [0.15, 0.2) is 126 Å². The molecule has 5 atom stereocenters. The normalized spacial score (nSPS) is 22.9. The standard InChI is InChI=1S/C33H34O5S/c34-30-32(37-23-27-17-9-3-10-18-27)31(36-22-26-15-7-2-8-16-26)29(24-35-21-25-13-5-1-6-14-25)38-33(30)39-28-19-11-4-12-20-28/h1-20,29-34H,21-24H2/t29?,30?,31-,32-,33-/m0/s1. The number of rotatable bonds is 12. The maximum atomic E-state index is 11.6. The highest BCUT2D eigenvalue weighted by atomic mass is 32.2. The Bertz CT molecular complexity index is 1230. The molecule has 5 rings (SSSR count). The minimum atomic E-state index is -0.912. The predicted octanol–water partition coefficient (Wildman–Crippen LogP) is 6.25. The highest BCUT2D eigenvalue weighted by molar-refractivity contribution is 7.99. The molecule has 202 valence electrons. The van der Waals surface area contributed by atoms with Crippen molar-refractivity contribution in [1.82, 2.24) is 0 Å². The zero-order valence-corrected chi connectivity index (χ0v) is 22.6. The Kier molecular flexibility index (Phi) is 10.2. The number of thioether (sulfide) groups is 1. The summed E-state index contributed by atoms with van der Waals surface area (Å²) in [5.41, 5.74) is 2.61. The van der Waals surface area contributed by atoms with Crippen LogP contribution in [-0.4, -0.2) is 41.6 Å². The molecule has 6 heteroatoms. The van der Waals surface area contributed by atoms with Crippen molar-refractivity contribution in [3.05, 3.63) is 138 Å². The zero-order chi connectivity index (χ0) is 26.7. The third-order valence-corrected chi connectivity index (χ3v) is 7.74. The largest absolute Gasteiger partial charge is 0.387 e. The molecule has 5 nitrogen and oxygen atoms in total. The summed E-state index contributed by atoms with van der Waals surface area (Å²) >= 11 is 1.48. The van der Waals surface area contributed by atoms with Gasteiger partial charge in [-0.25, -0.2) is 0 Å². The van der Waals surface area contributed by atoms with E-state index in [1.165, 1.54) is 11.8 Å². The summed E-state index contributed by atoms with van der Waals surface area (Å²) in [6.07, 6.45) is -2.51. The highest BCUT2D eigenvalue weighted by Crippen LogP contribution is 2.36. The van der Waals surface area contributed by atoms with Gasteiger partial charge in [-0.2, -0.15) is 0 Å². The van der Waals surface area contributed by atoms with Gasteiger partial charge in [-0.05, 0) is 28.8 Å². The lowest BCUT2D eigenvalue weighted by atomic mass is 9.99. The van der Waals surface area contributed by atoms with Crippen LogP contribution in [0, 0.1) is 0 Å². The molecule has 1 fully saturated rings. The number of ether oxygens (including phenoxy) is 4. The molecular formula is C33H34O5S. The molecule has 1 aliphatic rings. The van der Waals surface area contributed by atoms with E-state index in [-0.39, 0.29) is 0 Å². The first kappa shape index (κ1) is 27.6.